The van der Waals surface area contributed by atoms with Crippen LogP contribution in [0.1, 0.15) is 39.5 Å². The van der Waals surface area contributed by atoms with Gasteiger partial charge < -0.3 is 5.11 Å². The van der Waals surface area contributed by atoms with Crippen LogP contribution in [-0.4, -0.2) is 25.2 Å². The van der Waals surface area contributed by atoms with E-state index < -0.39 is 21.2 Å². The van der Waals surface area contributed by atoms with Crippen LogP contribution in [0.2, 0.25) is 5.02 Å². The topological polar surface area (TPSA) is 71.4 Å². The van der Waals surface area contributed by atoms with Gasteiger partial charge >= 0.3 is 5.97 Å². The van der Waals surface area contributed by atoms with Gasteiger partial charge in [-0.2, -0.15) is 0 Å². The van der Waals surface area contributed by atoms with E-state index in [1.165, 1.54) is 12.1 Å². The monoisotopic (exact) mass is 358 g/mol. The van der Waals surface area contributed by atoms with Gasteiger partial charge in [-0.1, -0.05) is 23.8 Å². The van der Waals surface area contributed by atoms with Crippen LogP contribution in [0.15, 0.2) is 41.3 Å². The fourth-order valence-corrected chi connectivity index (χ4v) is 3.39. The Balaban J connectivity index is 2.34. The van der Waals surface area contributed by atoms with Crippen LogP contribution >= 0.6 is 11.6 Å². The molecule has 23 heavy (non-hydrogen) atoms. The summed E-state index contributed by atoms with van der Waals surface area (Å²) in [6.45, 7) is 3.36. The third-order valence-corrected chi connectivity index (χ3v) is 5.65. The first-order valence-corrected chi connectivity index (χ1v) is 9.55. The molecule has 6 heteroatoms. The molecule has 4 nitrogen and oxygen atoms in total. The third kappa shape index (κ3) is 6.75. The lowest BCUT2D eigenvalue weighted by atomic mass is 9.89. The number of rotatable bonds is 9. The Bertz CT molecular complexity index is 646. The highest BCUT2D eigenvalue weighted by Gasteiger charge is 2.24. The maximum absolute atomic E-state index is 12.1. The molecule has 0 bridgehead atoms. The summed E-state index contributed by atoms with van der Waals surface area (Å²) in [5, 5.41) is 9.50. The Hall–Kier alpha value is -1.33. The molecule has 1 aromatic carbocycles. The zero-order chi connectivity index (χ0) is 17.5. The van der Waals surface area contributed by atoms with Crippen molar-refractivity contribution in [3.8, 4) is 0 Å². The fourth-order valence-electron chi connectivity index (χ4n) is 1.90. The first-order valence-electron chi connectivity index (χ1n) is 7.52. The van der Waals surface area contributed by atoms with Crippen molar-refractivity contribution in [1.82, 2.24) is 0 Å². The third-order valence-electron chi connectivity index (χ3n) is 3.58. The van der Waals surface area contributed by atoms with E-state index in [0.29, 0.717) is 22.8 Å². The molecule has 1 N–H and O–H groups in total. The summed E-state index contributed by atoms with van der Waals surface area (Å²) in [5.74, 6) is -0.723. The fraction of sp³-hybridized carbons (Fsp3) is 0.471. The van der Waals surface area contributed by atoms with E-state index >= 15 is 0 Å². The SMILES string of the molecule is CC(C)(C/C=C\CCCCS(=O)(=O)c1ccc(Cl)cc1)C(=O)O. The van der Waals surface area contributed by atoms with Crippen molar-refractivity contribution < 1.29 is 18.3 Å². The van der Waals surface area contributed by atoms with E-state index in [1.807, 2.05) is 12.2 Å². The van der Waals surface area contributed by atoms with Gasteiger partial charge in [-0.3, -0.25) is 4.79 Å². The van der Waals surface area contributed by atoms with Crippen LogP contribution in [-0.2, 0) is 14.6 Å². The smallest absolute Gasteiger partial charge is 0.309 e. The molecule has 0 aliphatic rings. The van der Waals surface area contributed by atoms with E-state index in [-0.39, 0.29) is 5.75 Å². The first kappa shape index (κ1) is 19.7. The van der Waals surface area contributed by atoms with Gasteiger partial charge in [0.05, 0.1) is 16.1 Å². The minimum absolute atomic E-state index is 0.100. The number of carboxylic acid groups (broad SMARTS) is 1. The minimum Gasteiger partial charge on any atom is -0.481 e. The number of unbranched alkanes of at least 4 members (excludes halogenated alkanes) is 2. The van der Waals surface area contributed by atoms with Gasteiger partial charge in [0.25, 0.3) is 0 Å². The number of carboxylic acids is 1. The molecule has 0 heterocycles. The van der Waals surface area contributed by atoms with Crippen LogP contribution in [0, 0.1) is 5.41 Å². The summed E-state index contributed by atoms with van der Waals surface area (Å²) in [7, 11) is -3.26. The molecular weight excluding hydrogens is 336 g/mol. The predicted octanol–water partition coefficient (Wildman–Crippen LogP) is 4.34. The van der Waals surface area contributed by atoms with Crippen LogP contribution in [0.5, 0.6) is 0 Å². The summed E-state index contributed by atoms with van der Waals surface area (Å²) >= 11 is 5.75. The van der Waals surface area contributed by atoms with Crippen molar-refractivity contribution in [3.05, 3.63) is 41.4 Å². The summed E-state index contributed by atoms with van der Waals surface area (Å²) < 4.78 is 24.2. The number of aliphatic carboxylic acids is 1. The Morgan fingerprint density at radius 2 is 1.78 bits per heavy atom. The molecule has 1 aromatic rings. The lowest BCUT2D eigenvalue weighted by Crippen LogP contribution is -2.22. The van der Waals surface area contributed by atoms with Gasteiger partial charge in [0.2, 0.25) is 0 Å². The molecule has 0 aromatic heterocycles. The Labute approximate surface area is 143 Å². The highest BCUT2D eigenvalue weighted by atomic mass is 35.5. The molecular formula is C17H23ClO4S. The van der Waals surface area contributed by atoms with Gasteiger partial charge in [0, 0.05) is 5.02 Å². The maximum Gasteiger partial charge on any atom is 0.309 e. The van der Waals surface area contributed by atoms with Gasteiger partial charge in [-0.05, 0) is 63.8 Å². The quantitative estimate of drug-likeness (QED) is 0.526. The largest absolute Gasteiger partial charge is 0.481 e. The lowest BCUT2D eigenvalue weighted by Gasteiger charge is -2.15. The van der Waals surface area contributed by atoms with Crippen LogP contribution in [0.25, 0.3) is 0 Å². The van der Waals surface area contributed by atoms with Crippen molar-refractivity contribution in [1.29, 1.82) is 0 Å². The molecule has 0 radical (unpaired) electrons. The highest BCUT2D eigenvalue weighted by Crippen LogP contribution is 2.21. The molecule has 0 saturated carbocycles. The summed E-state index contributed by atoms with van der Waals surface area (Å²) in [5.41, 5.74) is -0.769. The number of hydrogen-bond donors (Lipinski definition) is 1. The van der Waals surface area contributed by atoms with E-state index in [1.54, 1.807) is 26.0 Å². The molecule has 0 atom stereocenters. The van der Waals surface area contributed by atoms with Crippen molar-refractivity contribution in [2.45, 2.75) is 44.4 Å². The number of hydrogen-bond acceptors (Lipinski definition) is 3. The average molecular weight is 359 g/mol. The van der Waals surface area contributed by atoms with Crippen LogP contribution in [0.3, 0.4) is 0 Å². The van der Waals surface area contributed by atoms with E-state index in [9.17, 15) is 13.2 Å². The molecule has 128 valence electrons. The predicted molar refractivity (Wildman–Crippen MR) is 92.5 cm³/mol. The number of allylic oxidation sites excluding steroid dienone is 2. The summed E-state index contributed by atoms with van der Waals surface area (Å²) in [6, 6.07) is 6.18. The van der Waals surface area contributed by atoms with Gasteiger partial charge in [-0.15, -0.1) is 0 Å². The normalized spacial score (nSPS) is 12.7. The highest BCUT2D eigenvalue weighted by molar-refractivity contribution is 7.91. The Morgan fingerprint density at radius 1 is 1.17 bits per heavy atom. The minimum atomic E-state index is -3.26. The number of halogens is 1. The summed E-state index contributed by atoms with van der Waals surface area (Å²) in [6.07, 6.45) is 6.28. The van der Waals surface area contributed by atoms with E-state index in [0.717, 1.165) is 12.8 Å². The molecule has 0 aliphatic carbocycles. The number of sulfone groups is 1. The maximum atomic E-state index is 12.1. The summed E-state index contributed by atoms with van der Waals surface area (Å²) in [4.78, 5) is 11.2. The van der Waals surface area contributed by atoms with Gasteiger partial charge in [-0.25, -0.2) is 8.42 Å². The van der Waals surface area contributed by atoms with Crippen molar-refractivity contribution in [3.63, 3.8) is 0 Å². The van der Waals surface area contributed by atoms with Crippen LogP contribution < -0.4 is 0 Å². The molecule has 0 aliphatic heterocycles. The number of carbonyl (C=O) groups is 1. The zero-order valence-electron chi connectivity index (χ0n) is 13.5. The average Bonchev–Trinajstić information content (AvgIpc) is 2.46. The number of benzene rings is 1. The first-order chi connectivity index (χ1) is 10.6. The zero-order valence-corrected chi connectivity index (χ0v) is 15.0. The van der Waals surface area contributed by atoms with Gasteiger partial charge in [0.15, 0.2) is 9.84 Å². The Morgan fingerprint density at radius 3 is 2.35 bits per heavy atom. The standard InChI is InChI=1S/C17H23ClO4S/c1-17(2,16(19)20)12-6-4-3-5-7-13-23(21,22)15-10-8-14(18)9-11-15/h4,6,8-11H,3,5,7,12-13H2,1-2H3,(H,19,20)/b6-4-. The molecule has 0 unspecified atom stereocenters. The Kier molecular flexibility index (Phi) is 7.29. The molecule has 1 rings (SSSR count). The van der Waals surface area contributed by atoms with Gasteiger partial charge in [0.1, 0.15) is 0 Å². The molecule has 0 amide bonds. The molecule has 0 saturated heterocycles. The second kappa shape index (κ2) is 8.50. The van der Waals surface area contributed by atoms with E-state index in [4.69, 9.17) is 16.7 Å². The van der Waals surface area contributed by atoms with E-state index in [2.05, 4.69) is 0 Å². The van der Waals surface area contributed by atoms with Crippen molar-refractivity contribution in [2.75, 3.05) is 5.75 Å². The molecule has 0 fully saturated rings. The van der Waals surface area contributed by atoms with Crippen molar-refractivity contribution in [2.24, 2.45) is 5.41 Å². The molecule has 0 spiro atoms. The second-order valence-electron chi connectivity index (χ2n) is 6.13. The van der Waals surface area contributed by atoms with Crippen LogP contribution in [0.4, 0.5) is 0 Å². The lowest BCUT2D eigenvalue weighted by molar-refractivity contribution is -0.146. The second-order valence-corrected chi connectivity index (χ2v) is 8.68. The van der Waals surface area contributed by atoms with Crippen molar-refractivity contribution >= 4 is 27.4 Å².